The molecule has 0 aliphatic carbocycles. The summed E-state index contributed by atoms with van der Waals surface area (Å²) in [6, 6.07) is 10.9. The SMILES string of the molecule is Cc1c(C(C)C)cccc1C(C)C.Cc1c(C(C)C)ccnc1C(C)C.Cc1c(C(C)C)ccnc1C(C)C.Cc1c(C(C)C)cncc1C(C)C. The van der Waals surface area contributed by atoms with Crippen molar-refractivity contribution in [2.75, 3.05) is 0 Å². The fourth-order valence-electron chi connectivity index (χ4n) is 7.20. The third-order valence-electron chi connectivity index (χ3n) is 10.1. The molecule has 3 aromatic heterocycles. The Morgan fingerprint density at radius 2 is 0.596 bits per heavy atom. The van der Waals surface area contributed by atoms with Gasteiger partial charge in [-0.15, -0.1) is 0 Å². The van der Waals surface area contributed by atoms with Gasteiger partial charge in [-0.3, -0.25) is 15.0 Å². The maximum atomic E-state index is 4.42. The molecule has 0 saturated carbocycles. The van der Waals surface area contributed by atoms with Crippen LogP contribution < -0.4 is 0 Å². The van der Waals surface area contributed by atoms with Gasteiger partial charge in [0.05, 0.1) is 0 Å². The molecule has 0 aliphatic heterocycles. The first-order valence-corrected chi connectivity index (χ1v) is 20.1. The number of aromatic nitrogens is 3. The van der Waals surface area contributed by atoms with Crippen molar-refractivity contribution in [1.82, 2.24) is 15.0 Å². The molecular formula is C49H77N3. The minimum Gasteiger partial charge on any atom is -0.264 e. The van der Waals surface area contributed by atoms with Crippen LogP contribution in [0.1, 0.15) is 225 Å². The molecule has 1 aromatic carbocycles. The lowest BCUT2D eigenvalue weighted by molar-refractivity contribution is 0.783. The second-order valence-electron chi connectivity index (χ2n) is 17.1. The summed E-state index contributed by atoms with van der Waals surface area (Å²) in [6.07, 6.45) is 7.84. The van der Waals surface area contributed by atoms with E-state index in [9.17, 15) is 0 Å². The highest BCUT2D eigenvalue weighted by molar-refractivity contribution is 5.38. The molecule has 0 amide bonds. The summed E-state index contributed by atoms with van der Waals surface area (Å²) >= 11 is 0. The summed E-state index contributed by atoms with van der Waals surface area (Å²) in [5, 5.41) is 0. The lowest BCUT2D eigenvalue weighted by Crippen LogP contribution is -2.01. The monoisotopic (exact) mass is 708 g/mol. The average Bonchev–Trinajstić information content (AvgIpc) is 3.05. The summed E-state index contributed by atoms with van der Waals surface area (Å²) in [5.41, 5.74) is 16.7. The highest BCUT2D eigenvalue weighted by Crippen LogP contribution is 2.28. The number of nitrogens with zero attached hydrogens (tertiary/aromatic N) is 3. The van der Waals surface area contributed by atoms with Crippen LogP contribution in [0.15, 0.2) is 55.1 Å². The molecule has 4 rings (SSSR count). The molecular weight excluding hydrogens is 631 g/mol. The molecule has 0 N–H and O–H groups in total. The third kappa shape index (κ3) is 13.6. The van der Waals surface area contributed by atoms with E-state index in [0.29, 0.717) is 47.3 Å². The minimum atomic E-state index is 0.527. The van der Waals surface area contributed by atoms with Crippen LogP contribution in [0.5, 0.6) is 0 Å². The lowest BCUT2D eigenvalue weighted by atomic mass is 9.90. The molecule has 4 aromatic rings. The van der Waals surface area contributed by atoms with Crippen LogP contribution in [0.3, 0.4) is 0 Å². The van der Waals surface area contributed by atoms with Crippen LogP contribution in [-0.4, -0.2) is 15.0 Å². The molecule has 3 nitrogen and oxygen atoms in total. The fraction of sp³-hybridized carbons (Fsp3) is 0.571. The van der Waals surface area contributed by atoms with Gasteiger partial charge in [0, 0.05) is 36.2 Å². The van der Waals surface area contributed by atoms with E-state index in [1.807, 2.05) is 24.8 Å². The summed E-state index contributed by atoms with van der Waals surface area (Å²) in [5.74, 6) is 4.67. The molecule has 52 heavy (non-hydrogen) atoms. The molecule has 3 heteroatoms. The van der Waals surface area contributed by atoms with Crippen LogP contribution >= 0.6 is 0 Å². The molecule has 0 fully saturated rings. The van der Waals surface area contributed by atoms with E-state index in [2.05, 4.69) is 184 Å². The average molecular weight is 708 g/mol. The van der Waals surface area contributed by atoms with E-state index in [-0.39, 0.29) is 0 Å². The molecule has 0 spiro atoms. The lowest BCUT2D eigenvalue weighted by Gasteiger charge is -2.16. The summed E-state index contributed by atoms with van der Waals surface area (Å²) in [7, 11) is 0. The highest BCUT2D eigenvalue weighted by atomic mass is 14.7. The molecule has 0 radical (unpaired) electrons. The zero-order valence-corrected chi connectivity index (χ0v) is 37.2. The first-order chi connectivity index (χ1) is 24.1. The number of pyridine rings is 3. The van der Waals surface area contributed by atoms with Gasteiger partial charge >= 0.3 is 0 Å². The standard InChI is InChI=1S/C13H20.3C12H19N/c1-9(2)12-7-6-8-13(10(3)4)11(12)5;1-8(2)11-6-13-7-12(9(3)4)10(11)5;2*1-8(2)11-6-7-13-12(9(3)4)10(11)5/h6-10H,1-5H3;3*6-9H,1-5H3. The van der Waals surface area contributed by atoms with Crippen molar-refractivity contribution in [1.29, 1.82) is 0 Å². The fourth-order valence-corrected chi connectivity index (χ4v) is 7.20. The topological polar surface area (TPSA) is 38.7 Å². The maximum absolute atomic E-state index is 4.42. The Balaban J connectivity index is 0.000000347. The number of rotatable bonds is 8. The van der Waals surface area contributed by atoms with Crippen molar-refractivity contribution in [3.8, 4) is 0 Å². The number of benzene rings is 1. The van der Waals surface area contributed by atoms with Crippen LogP contribution in [-0.2, 0) is 0 Å². The van der Waals surface area contributed by atoms with Crippen molar-refractivity contribution in [3.63, 3.8) is 0 Å². The predicted octanol–water partition coefficient (Wildman–Crippen LogP) is 15.2. The van der Waals surface area contributed by atoms with E-state index < -0.39 is 0 Å². The van der Waals surface area contributed by atoms with Gasteiger partial charge in [-0.2, -0.15) is 0 Å². The third-order valence-corrected chi connectivity index (χ3v) is 10.1. The molecule has 0 bridgehead atoms. The van der Waals surface area contributed by atoms with Gasteiger partial charge in [0.2, 0.25) is 0 Å². The van der Waals surface area contributed by atoms with Crippen LogP contribution in [0.25, 0.3) is 0 Å². The largest absolute Gasteiger partial charge is 0.264 e. The summed E-state index contributed by atoms with van der Waals surface area (Å²) < 4.78 is 0. The van der Waals surface area contributed by atoms with Crippen molar-refractivity contribution >= 4 is 0 Å². The Morgan fingerprint density at radius 3 is 0.865 bits per heavy atom. The zero-order chi connectivity index (χ0) is 40.0. The Kier molecular flexibility index (Phi) is 19.8. The van der Waals surface area contributed by atoms with Crippen molar-refractivity contribution < 1.29 is 0 Å². The van der Waals surface area contributed by atoms with Crippen LogP contribution in [0, 0.1) is 27.7 Å². The Morgan fingerprint density at radius 1 is 0.327 bits per heavy atom. The quantitative estimate of drug-likeness (QED) is 0.183. The van der Waals surface area contributed by atoms with Gasteiger partial charge in [-0.05, 0) is 143 Å². The Hall–Kier alpha value is -3.33. The van der Waals surface area contributed by atoms with Gasteiger partial charge in [0.25, 0.3) is 0 Å². The molecule has 0 saturated heterocycles. The van der Waals surface area contributed by atoms with Crippen molar-refractivity contribution in [3.05, 3.63) is 122 Å². The Labute approximate surface area is 321 Å². The van der Waals surface area contributed by atoms with E-state index in [0.717, 1.165) is 0 Å². The van der Waals surface area contributed by atoms with Gasteiger partial charge in [-0.1, -0.05) is 129 Å². The normalized spacial score (nSPS) is 11.3. The summed E-state index contributed by atoms with van der Waals surface area (Å²) in [4.78, 5) is 13.1. The van der Waals surface area contributed by atoms with E-state index in [4.69, 9.17) is 0 Å². The molecule has 0 unspecified atom stereocenters. The predicted molar refractivity (Wildman–Crippen MR) is 231 cm³/mol. The van der Waals surface area contributed by atoms with Crippen molar-refractivity contribution in [2.24, 2.45) is 0 Å². The van der Waals surface area contributed by atoms with Gasteiger partial charge in [-0.25, -0.2) is 0 Å². The van der Waals surface area contributed by atoms with E-state index >= 15 is 0 Å². The second kappa shape index (κ2) is 22.0. The minimum absolute atomic E-state index is 0.527. The zero-order valence-electron chi connectivity index (χ0n) is 37.2. The summed E-state index contributed by atoms with van der Waals surface area (Å²) in [6.45, 7) is 44.4. The molecule has 3 heterocycles. The second-order valence-corrected chi connectivity index (χ2v) is 17.1. The van der Waals surface area contributed by atoms with Crippen molar-refractivity contribution in [2.45, 2.75) is 186 Å². The van der Waals surface area contributed by atoms with Gasteiger partial charge in [0.1, 0.15) is 0 Å². The van der Waals surface area contributed by atoms with Gasteiger partial charge < -0.3 is 0 Å². The van der Waals surface area contributed by atoms with Crippen LogP contribution in [0.2, 0.25) is 0 Å². The molecule has 288 valence electrons. The van der Waals surface area contributed by atoms with Gasteiger partial charge in [0.15, 0.2) is 0 Å². The number of hydrogen-bond donors (Lipinski definition) is 0. The Bertz CT molecular complexity index is 1290. The van der Waals surface area contributed by atoms with Crippen LogP contribution in [0.4, 0.5) is 0 Å². The molecule has 0 aliphatic rings. The molecule has 0 atom stereocenters. The highest BCUT2D eigenvalue weighted by Gasteiger charge is 2.13. The number of hydrogen-bond acceptors (Lipinski definition) is 3. The smallest absolute Gasteiger partial charge is 0.0460 e. The first kappa shape index (κ1) is 46.7. The van der Waals surface area contributed by atoms with E-state index in [1.165, 1.54) is 67.0 Å². The first-order valence-electron chi connectivity index (χ1n) is 20.1. The maximum Gasteiger partial charge on any atom is 0.0460 e. The van der Waals surface area contributed by atoms with E-state index in [1.54, 1.807) is 0 Å².